The van der Waals surface area contributed by atoms with E-state index in [1.807, 2.05) is 12.4 Å². The van der Waals surface area contributed by atoms with Crippen molar-refractivity contribution in [3.8, 4) is 0 Å². The van der Waals surface area contributed by atoms with E-state index in [0.29, 0.717) is 18.6 Å². The van der Waals surface area contributed by atoms with Crippen molar-refractivity contribution >= 4 is 0 Å². The fourth-order valence-electron chi connectivity index (χ4n) is 3.19. The van der Waals surface area contributed by atoms with Gasteiger partial charge in [-0.15, -0.1) is 0 Å². The van der Waals surface area contributed by atoms with E-state index in [-0.39, 0.29) is 0 Å². The molecule has 0 bridgehead atoms. The molecule has 1 atom stereocenters. The molecule has 1 saturated carbocycles. The number of likely N-dealkylation sites (N-methyl/N-ethyl adjacent to an activating group) is 1. The van der Waals surface area contributed by atoms with Crippen LogP contribution in [0.15, 0.2) is 24.5 Å². The summed E-state index contributed by atoms with van der Waals surface area (Å²) in [6.07, 6.45) is 10.5. The van der Waals surface area contributed by atoms with Crippen molar-refractivity contribution < 1.29 is 0 Å². The van der Waals surface area contributed by atoms with Gasteiger partial charge >= 0.3 is 0 Å². The number of nitrogens with two attached hydrogens (primary N) is 1. The molecule has 2 N–H and O–H groups in total. The van der Waals surface area contributed by atoms with Gasteiger partial charge in [-0.25, -0.2) is 0 Å². The molecule has 1 aliphatic carbocycles. The van der Waals surface area contributed by atoms with Gasteiger partial charge in [-0.2, -0.15) is 0 Å². The molecule has 0 saturated heterocycles. The molecule has 3 nitrogen and oxygen atoms in total. The van der Waals surface area contributed by atoms with E-state index in [9.17, 15) is 0 Å². The smallest absolute Gasteiger partial charge is 0.0474 e. The van der Waals surface area contributed by atoms with Crippen LogP contribution in [0.25, 0.3) is 0 Å². The zero-order chi connectivity index (χ0) is 12.8. The molecule has 2 rings (SSSR count). The standard InChI is InChI=1S/C15H25N3/c1-2-18(14-6-4-3-5-7-14)15(12-16)13-8-10-17-11-9-13/h8-11,14-15H,2-7,12,16H2,1H3. The van der Waals surface area contributed by atoms with E-state index < -0.39 is 0 Å². The predicted molar refractivity (Wildman–Crippen MR) is 75.3 cm³/mol. The zero-order valence-electron chi connectivity index (χ0n) is 11.4. The minimum absolute atomic E-state index is 0.348. The summed E-state index contributed by atoms with van der Waals surface area (Å²) in [5.74, 6) is 0. The predicted octanol–water partition coefficient (Wildman–Crippen LogP) is 2.74. The third-order valence-corrected chi connectivity index (χ3v) is 4.12. The van der Waals surface area contributed by atoms with E-state index in [4.69, 9.17) is 5.73 Å². The van der Waals surface area contributed by atoms with Crippen LogP contribution in [0.5, 0.6) is 0 Å². The summed E-state index contributed by atoms with van der Waals surface area (Å²) in [7, 11) is 0. The number of pyridine rings is 1. The second kappa shape index (κ2) is 6.86. The quantitative estimate of drug-likeness (QED) is 0.870. The van der Waals surface area contributed by atoms with Crippen molar-refractivity contribution in [1.29, 1.82) is 0 Å². The van der Waals surface area contributed by atoms with Gasteiger partial charge in [0.1, 0.15) is 0 Å². The summed E-state index contributed by atoms with van der Waals surface area (Å²) in [5, 5.41) is 0. The Hall–Kier alpha value is -0.930. The fraction of sp³-hybridized carbons (Fsp3) is 0.667. The van der Waals surface area contributed by atoms with E-state index in [0.717, 1.165) is 6.54 Å². The lowest BCUT2D eigenvalue weighted by molar-refractivity contribution is 0.114. The van der Waals surface area contributed by atoms with E-state index in [2.05, 4.69) is 28.9 Å². The monoisotopic (exact) mass is 247 g/mol. The molecule has 1 fully saturated rings. The van der Waals surface area contributed by atoms with Crippen molar-refractivity contribution in [3.05, 3.63) is 30.1 Å². The van der Waals surface area contributed by atoms with Crippen LogP contribution in [0, 0.1) is 0 Å². The maximum Gasteiger partial charge on any atom is 0.0474 e. The summed E-state index contributed by atoms with van der Waals surface area (Å²) in [5.41, 5.74) is 7.33. The van der Waals surface area contributed by atoms with Gasteiger partial charge in [-0.05, 0) is 37.1 Å². The van der Waals surface area contributed by atoms with Crippen molar-refractivity contribution in [2.24, 2.45) is 5.73 Å². The molecular weight excluding hydrogens is 222 g/mol. The topological polar surface area (TPSA) is 42.1 Å². The highest BCUT2D eigenvalue weighted by molar-refractivity contribution is 5.16. The average Bonchev–Trinajstić information content (AvgIpc) is 2.46. The van der Waals surface area contributed by atoms with Crippen LogP contribution in [0.4, 0.5) is 0 Å². The summed E-state index contributed by atoms with van der Waals surface area (Å²) in [4.78, 5) is 6.69. The Balaban J connectivity index is 2.13. The van der Waals surface area contributed by atoms with Crippen LogP contribution >= 0.6 is 0 Å². The first-order valence-corrected chi connectivity index (χ1v) is 7.22. The molecule has 18 heavy (non-hydrogen) atoms. The molecular formula is C15H25N3. The summed E-state index contributed by atoms with van der Waals surface area (Å²) >= 11 is 0. The second-order valence-corrected chi connectivity index (χ2v) is 5.15. The van der Waals surface area contributed by atoms with Crippen LogP contribution in [0.3, 0.4) is 0 Å². The van der Waals surface area contributed by atoms with Gasteiger partial charge in [-0.1, -0.05) is 26.2 Å². The molecule has 0 spiro atoms. The normalized spacial score (nSPS) is 19.1. The highest BCUT2D eigenvalue weighted by Gasteiger charge is 2.26. The average molecular weight is 247 g/mol. The van der Waals surface area contributed by atoms with Gasteiger partial charge in [0.05, 0.1) is 0 Å². The lowest BCUT2D eigenvalue weighted by atomic mass is 9.92. The van der Waals surface area contributed by atoms with Gasteiger partial charge in [0.2, 0.25) is 0 Å². The molecule has 0 aromatic carbocycles. The number of nitrogens with zero attached hydrogens (tertiary/aromatic N) is 2. The first-order chi connectivity index (χ1) is 8.86. The third kappa shape index (κ3) is 3.09. The van der Waals surface area contributed by atoms with Gasteiger partial charge < -0.3 is 5.73 Å². The SMILES string of the molecule is CCN(C1CCCCC1)C(CN)c1ccncc1. The Morgan fingerprint density at radius 2 is 1.94 bits per heavy atom. The second-order valence-electron chi connectivity index (χ2n) is 5.15. The molecule has 1 unspecified atom stereocenters. The van der Waals surface area contributed by atoms with Gasteiger partial charge in [-0.3, -0.25) is 9.88 Å². The zero-order valence-corrected chi connectivity index (χ0v) is 11.4. The molecule has 3 heteroatoms. The maximum absolute atomic E-state index is 6.03. The largest absolute Gasteiger partial charge is 0.329 e. The molecule has 0 aliphatic heterocycles. The Morgan fingerprint density at radius 1 is 1.28 bits per heavy atom. The van der Waals surface area contributed by atoms with Crippen molar-refractivity contribution in [2.45, 2.75) is 51.1 Å². The molecule has 0 radical (unpaired) electrons. The van der Waals surface area contributed by atoms with Crippen molar-refractivity contribution in [1.82, 2.24) is 9.88 Å². The Bertz CT molecular complexity index is 333. The number of rotatable bonds is 5. The highest BCUT2D eigenvalue weighted by atomic mass is 15.2. The van der Waals surface area contributed by atoms with Gasteiger partial charge in [0, 0.05) is 31.0 Å². The van der Waals surface area contributed by atoms with Gasteiger partial charge in [0.25, 0.3) is 0 Å². The molecule has 1 aliphatic rings. The number of hydrogen-bond donors (Lipinski definition) is 1. The maximum atomic E-state index is 6.03. The Kier molecular flexibility index (Phi) is 5.14. The summed E-state index contributed by atoms with van der Waals surface area (Å²) < 4.78 is 0. The van der Waals surface area contributed by atoms with Gasteiger partial charge in [0.15, 0.2) is 0 Å². The van der Waals surface area contributed by atoms with Crippen LogP contribution in [-0.4, -0.2) is 29.0 Å². The first kappa shape index (κ1) is 13.5. The van der Waals surface area contributed by atoms with E-state index in [1.165, 1.54) is 37.7 Å². The Morgan fingerprint density at radius 3 is 2.50 bits per heavy atom. The van der Waals surface area contributed by atoms with Crippen molar-refractivity contribution in [2.75, 3.05) is 13.1 Å². The van der Waals surface area contributed by atoms with E-state index in [1.54, 1.807) is 0 Å². The Labute approximate surface area is 110 Å². The third-order valence-electron chi connectivity index (χ3n) is 4.12. The number of aromatic nitrogens is 1. The minimum Gasteiger partial charge on any atom is -0.329 e. The first-order valence-electron chi connectivity index (χ1n) is 7.22. The molecule has 1 heterocycles. The van der Waals surface area contributed by atoms with Crippen molar-refractivity contribution in [3.63, 3.8) is 0 Å². The minimum atomic E-state index is 0.348. The molecule has 0 amide bonds. The molecule has 1 aromatic heterocycles. The van der Waals surface area contributed by atoms with E-state index >= 15 is 0 Å². The highest BCUT2D eigenvalue weighted by Crippen LogP contribution is 2.29. The fourth-order valence-corrected chi connectivity index (χ4v) is 3.19. The lowest BCUT2D eigenvalue weighted by Crippen LogP contribution is -2.42. The summed E-state index contributed by atoms with van der Waals surface area (Å²) in [6, 6.07) is 5.26. The van der Waals surface area contributed by atoms with Crippen LogP contribution < -0.4 is 5.73 Å². The lowest BCUT2D eigenvalue weighted by Gasteiger charge is -2.39. The van der Waals surface area contributed by atoms with Crippen LogP contribution in [0.2, 0.25) is 0 Å². The number of hydrogen-bond acceptors (Lipinski definition) is 3. The summed E-state index contributed by atoms with van der Waals surface area (Å²) in [6.45, 7) is 4.02. The van der Waals surface area contributed by atoms with Crippen LogP contribution in [0.1, 0.15) is 50.6 Å². The molecule has 1 aromatic rings. The molecule has 100 valence electrons. The van der Waals surface area contributed by atoms with Crippen LogP contribution in [-0.2, 0) is 0 Å².